The van der Waals surface area contributed by atoms with Gasteiger partial charge in [-0.3, -0.25) is 9.97 Å². The average Bonchev–Trinajstić information content (AvgIpc) is 2.96. The van der Waals surface area contributed by atoms with E-state index in [4.69, 9.17) is 0 Å². The van der Waals surface area contributed by atoms with Gasteiger partial charge in [-0.25, -0.2) is 4.39 Å². The van der Waals surface area contributed by atoms with E-state index in [1.807, 2.05) is 12.1 Å². The molecule has 2 atom stereocenters. The zero-order chi connectivity index (χ0) is 15.8. The number of aliphatic hydroxyl groups is 1. The molecule has 1 aliphatic heterocycles. The summed E-state index contributed by atoms with van der Waals surface area (Å²) in [5, 5.41) is 11.1. The molecule has 0 amide bonds. The number of aliphatic hydroxyl groups excluding tert-OH is 1. The fraction of sp³-hybridized carbons (Fsp3) is 0.222. The van der Waals surface area contributed by atoms with E-state index in [1.165, 1.54) is 12.1 Å². The number of fused-ring (bicyclic) bond motifs is 1. The fourth-order valence-electron chi connectivity index (χ4n) is 3.31. The summed E-state index contributed by atoms with van der Waals surface area (Å²) in [6, 6.07) is 10.3. The van der Waals surface area contributed by atoms with Crippen molar-refractivity contribution in [2.24, 2.45) is 0 Å². The zero-order valence-electron chi connectivity index (χ0n) is 12.4. The van der Waals surface area contributed by atoms with Crippen LogP contribution in [-0.4, -0.2) is 27.7 Å². The average molecular weight is 309 g/mol. The predicted octanol–water partition coefficient (Wildman–Crippen LogP) is 3.08. The van der Waals surface area contributed by atoms with Crippen molar-refractivity contribution in [2.75, 3.05) is 11.4 Å². The van der Waals surface area contributed by atoms with Crippen LogP contribution in [0.5, 0.6) is 0 Å². The highest BCUT2D eigenvalue weighted by atomic mass is 19.1. The van der Waals surface area contributed by atoms with Crippen LogP contribution in [0.1, 0.15) is 18.0 Å². The van der Waals surface area contributed by atoms with Crippen molar-refractivity contribution in [3.8, 4) is 0 Å². The number of rotatable bonds is 2. The number of β-amino-alcohol motifs (C(OH)–C–C–N with tert-alkyl or cyclic N) is 1. The first-order valence-corrected chi connectivity index (χ1v) is 7.61. The van der Waals surface area contributed by atoms with Crippen molar-refractivity contribution < 1.29 is 9.50 Å². The Bertz CT molecular complexity index is 832. The Balaban J connectivity index is 1.80. The molecule has 5 heteroatoms. The van der Waals surface area contributed by atoms with Gasteiger partial charge < -0.3 is 10.0 Å². The topological polar surface area (TPSA) is 49.2 Å². The zero-order valence-corrected chi connectivity index (χ0v) is 12.4. The quantitative estimate of drug-likeness (QED) is 0.790. The van der Waals surface area contributed by atoms with E-state index in [1.54, 1.807) is 30.7 Å². The van der Waals surface area contributed by atoms with Crippen LogP contribution in [-0.2, 0) is 0 Å². The first-order chi connectivity index (χ1) is 11.2. The van der Waals surface area contributed by atoms with Gasteiger partial charge in [-0.2, -0.15) is 0 Å². The van der Waals surface area contributed by atoms with Crippen molar-refractivity contribution in [2.45, 2.75) is 18.6 Å². The Morgan fingerprint density at radius 1 is 1.09 bits per heavy atom. The smallest absolute Gasteiger partial charge is 0.123 e. The second-order valence-corrected chi connectivity index (χ2v) is 5.83. The Hall–Kier alpha value is -2.53. The number of benzene rings is 1. The second-order valence-electron chi connectivity index (χ2n) is 5.83. The minimum absolute atomic E-state index is 0.0106. The molecule has 0 aliphatic carbocycles. The molecule has 3 heterocycles. The predicted molar refractivity (Wildman–Crippen MR) is 86.6 cm³/mol. The second kappa shape index (κ2) is 5.59. The monoisotopic (exact) mass is 309 g/mol. The standard InChI is InChI=1S/C18H16FN3O/c19-13-3-1-12(2-4-13)18-9-14(23)11-22(18)17-6-8-21-16-5-7-20-10-15(16)17/h1-8,10,14,18,23H,9,11H2/t14-,18-/m0/s1. The summed E-state index contributed by atoms with van der Waals surface area (Å²) in [5.74, 6) is -0.252. The summed E-state index contributed by atoms with van der Waals surface area (Å²) in [6.45, 7) is 0.538. The SMILES string of the molecule is O[C@H]1C[C@@H](c2ccc(F)cc2)N(c2ccnc3ccncc23)C1. The van der Waals surface area contributed by atoms with Crippen LogP contribution in [0.3, 0.4) is 0 Å². The third-order valence-corrected chi connectivity index (χ3v) is 4.36. The molecule has 0 saturated carbocycles. The lowest BCUT2D eigenvalue weighted by atomic mass is 10.0. The maximum Gasteiger partial charge on any atom is 0.123 e. The molecule has 0 unspecified atom stereocenters. The summed E-state index contributed by atoms with van der Waals surface area (Å²) in [6.07, 6.45) is 5.49. The number of halogens is 1. The number of hydrogen-bond acceptors (Lipinski definition) is 4. The van der Waals surface area contributed by atoms with Gasteiger partial charge >= 0.3 is 0 Å². The minimum Gasteiger partial charge on any atom is -0.391 e. The van der Waals surface area contributed by atoms with E-state index in [-0.39, 0.29) is 11.9 Å². The van der Waals surface area contributed by atoms with Gasteiger partial charge in [0.25, 0.3) is 0 Å². The molecule has 1 N–H and O–H groups in total. The Kier molecular flexibility index (Phi) is 3.42. The maximum absolute atomic E-state index is 13.2. The molecule has 2 aromatic heterocycles. The Labute approximate surface area is 133 Å². The molecule has 4 nitrogen and oxygen atoms in total. The summed E-state index contributed by atoms with van der Waals surface area (Å²) in [7, 11) is 0. The fourth-order valence-corrected chi connectivity index (χ4v) is 3.31. The number of anilines is 1. The number of nitrogens with zero attached hydrogens (tertiary/aromatic N) is 3. The largest absolute Gasteiger partial charge is 0.391 e. The lowest BCUT2D eigenvalue weighted by Crippen LogP contribution is -2.24. The molecule has 1 aromatic carbocycles. The highest BCUT2D eigenvalue weighted by molar-refractivity contribution is 5.91. The number of pyridine rings is 2. The van der Waals surface area contributed by atoms with Crippen LogP contribution in [0.15, 0.2) is 55.0 Å². The highest BCUT2D eigenvalue weighted by Gasteiger charge is 2.33. The highest BCUT2D eigenvalue weighted by Crippen LogP contribution is 2.38. The normalized spacial score (nSPS) is 21.0. The van der Waals surface area contributed by atoms with E-state index >= 15 is 0 Å². The van der Waals surface area contributed by atoms with Crippen molar-refractivity contribution in [1.82, 2.24) is 9.97 Å². The molecule has 1 fully saturated rings. The lowest BCUT2D eigenvalue weighted by molar-refractivity contribution is 0.194. The van der Waals surface area contributed by atoms with Crippen LogP contribution in [0.25, 0.3) is 10.9 Å². The Morgan fingerprint density at radius 3 is 2.74 bits per heavy atom. The molecule has 1 saturated heterocycles. The van der Waals surface area contributed by atoms with Gasteiger partial charge in [-0.1, -0.05) is 12.1 Å². The van der Waals surface area contributed by atoms with Crippen molar-refractivity contribution in [1.29, 1.82) is 0 Å². The molecule has 0 spiro atoms. The molecule has 1 aliphatic rings. The van der Waals surface area contributed by atoms with E-state index < -0.39 is 6.10 Å². The molecule has 3 aromatic rings. The van der Waals surface area contributed by atoms with Crippen molar-refractivity contribution in [3.63, 3.8) is 0 Å². The molecule has 4 rings (SSSR count). The van der Waals surface area contributed by atoms with Crippen LogP contribution in [0.2, 0.25) is 0 Å². The molecular formula is C18H16FN3O. The van der Waals surface area contributed by atoms with Gasteiger partial charge in [0.1, 0.15) is 5.82 Å². The summed E-state index contributed by atoms with van der Waals surface area (Å²) in [4.78, 5) is 10.7. The minimum atomic E-state index is -0.412. The van der Waals surface area contributed by atoms with E-state index in [0.29, 0.717) is 13.0 Å². The van der Waals surface area contributed by atoms with Gasteiger partial charge in [0.05, 0.1) is 17.7 Å². The first kappa shape index (κ1) is 14.1. The van der Waals surface area contributed by atoms with E-state index in [2.05, 4.69) is 14.9 Å². The summed E-state index contributed by atoms with van der Waals surface area (Å²) < 4.78 is 13.2. The molecular weight excluding hydrogens is 293 g/mol. The molecule has 0 radical (unpaired) electrons. The van der Waals surface area contributed by atoms with E-state index in [9.17, 15) is 9.50 Å². The molecule has 116 valence electrons. The lowest BCUT2D eigenvalue weighted by Gasteiger charge is -2.27. The third-order valence-electron chi connectivity index (χ3n) is 4.36. The van der Waals surface area contributed by atoms with Crippen LogP contribution in [0, 0.1) is 5.82 Å². The number of hydrogen-bond donors (Lipinski definition) is 1. The van der Waals surface area contributed by atoms with Gasteiger partial charge in [0.15, 0.2) is 0 Å². The Morgan fingerprint density at radius 2 is 1.91 bits per heavy atom. The van der Waals surface area contributed by atoms with Crippen LogP contribution < -0.4 is 4.90 Å². The molecule has 23 heavy (non-hydrogen) atoms. The summed E-state index contributed by atoms with van der Waals surface area (Å²) in [5.41, 5.74) is 2.86. The van der Waals surface area contributed by atoms with E-state index in [0.717, 1.165) is 22.2 Å². The van der Waals surface area contributed by atoms with Crippen molar-refractivity contribution in [3.05, 3.63) is 66.4 Å². The van der Waals surface area contributed by atoms with Crippen molar-refractivity contribution >= 4 is 16.6 Å². The summed E-state index contributed by atoms with van der Waals surface area (Å²) >= 11 is 0. The van der Waals surface area contributed by atoms with Crippen LogP contribution in [0.4, 0.5) is 10.1 Å². The maximum atomic E-state index is 13.2. The van der Waals surface area contributed by atoms with Gasteiger partial charge in [-0.05, 0) is 36.2 Å². The van der Waals surface area contributed by atoms with Gasteiger partial charge in [-0.15, -0.1) is 0 Å². The molecule has 0 bridgehead atoms. The van der Waals surface area contributed by atoms with Crippen LogP contribution >= 0.6 is 0 Å². The van der Waals surface area contributed by atoms with Gasteiger partial charge in [0.2, 0.25) is 0 Å². The number of aromatic nitrogens is 2. The van der Waals surface area contributed by atoms with Gasteiger partial charge in [0, 0.05) is 36.2 Å². The first-order valence-electron chi connectivity index (χ1n) is 7.61. The third kappa shape index (κ3) is 2.53.